The van der Waals surface area contributed by atoms with Crippen molar-refractivity contribution in [3.63, 3.8) is 0 Å². The monoisotopic (exact) mass is 444 g/mol. The number of hydrogen-bond acceptors (Lipinski definition) is 10. The Bertz CT molecular complexity index is 685. The number of aliphatic hydroxyl groups excluding tert-OH is 6. The minimum Gasteiger partial charge on any atom is -0.394 e. The van der Waals surface area contributed by atoms with Crippen molar-refractivity contribution in [3.8, 4) is 0 Å². The Hall–Kier alpha value is -1.18. The van der Waals surface area contributed by atoms with E-state index < -0.39 is 68.5 Å². The molecule has 176 valence electrons. The van der Waals surface area contributed by atoms with E-state index in [4.69, 9.17) is 18.9 Å². The van der Waals surface area contributed by atoms with E-state index in [2.05, 4.69) is 0 Å². The van der Waals surface area contributed by atoms with Gasteiger partial charge in [-0.25, -0.2) is 0 Å². The number of rotatable bonds is 8. The van der Waals surface area contributed by atoms with E-state index in [9.17, 15) is 30.6 Å². The van der Waals surface area contributed by atoms with E-state index in [0.717, 1.165) is 11.1 Å². The molecule has 1 aromatic rings. The topological polar surface area (TPSA) is 158 Å². The van der Waals surface area contributed by atoms with Gasteiger partial charge in [-0.1, -0.05) is 36.8 Å². The van der Waals surface area contributed by atoms with Gasteiger partial charge in [0.2, 0.25) is 0 Å². The van der Waals surface area contributed by atoms with Gasteiger partial charge in [0.15, 0.2) is 12.6 Å². The van der Waals surface area contributed by atoms with Crippen LogP contribution >= 0.6 is 0 Å². The second-order valence-electron chi connectivity index (χ2n) is 8.16. The first-order chi connectivity index (χ1) is 14.8. The fraction of sp³-hybridized carbons (Fsp3) is 0.714. The van der Waals surface area contributed by atoms with Gasteiger partial charge in [0.25, 0.3) is 0 Å². The molecular formula is C21H32O10. The van der Waals surface area contributed by atoms with Crippen LogP contribution in [0, 0.1) is 6.92 Å². The Balaban J connectivity index is 1.65. The molecule has 3 rings (SSSR count). The lowest BCUT2D eigenvalue weighted by Crippen LogP contribution is -2.61. The van der Waals surface area contributed by atoms with Gasteiger partial charge in [-0.2, -0.15) is 0 Å². The smallest absolute Gasteiger partial charge is 0.187 e. The molecule has 0 aliphatic carbocycles. The molecule has 0 amide bonds. The highest BCUT2D eigenvalue weighted by molar-refractivity contribution is 5.24. The van der Waals surface area contributed by atoms with Crippen molar-refractivity contribution >= 4 is 0 Å². The van der Waals surface area contributed by atoms with Crippen molar-refractivity contribution in [2.45, 2.75) is 75.1 Å². The lowest BCUT2D eigenvalue weighted by molar-refractivity contribution is -0.331. The first kappa shape index (κ1) is 24.5. The Labute approximate surface area is 180 Å². The SMILES string of the molecule is Cc1ccc([C@@H](C)CO[C@@H]2O[C@H](CO)[C@@H](O)[C@H](O[C@H]3O[C@H](CO)[C@@H](O)[C@@H]3O)[C@H]2O)cc1. The lowest BCUT2D eigenvalue weighted by atomic mass is 9.98. The van der Waals surface area contributed by atoms with E-state index >= 15 is 0 Å². The summed E-state index contributed by atoms with van der Waals surface area (Å²) >= 11 is 0. The molecule has 31 heavy (non-hydrogen) atoms. The molecule has 1 aromatic carbocycles. The van der Waals surface area contributed by atoms with Crippen molar-refractivity contribution < 1.29 is 49.6 Å². The maximum atomic E-state index is 10.7. The van der Waals surface area contributed by atoms with Gasteiger partial charge in [0, 0.05) is 5.92 Å². The molecule has 0 unspecified atom stereocenters. The zero-order chi connectivity index (χ0) is 22.7. The van der Waals surface area contributed by atoms with Gasteiger partial charge < -0.3 is 49.6 Å². The summed E-state index contributed by atoms with van der Waals surface area (Å²) in [6.07, 6.45) is -11.9. The van der Waals surface area contributed by atoms with Gasteiger partial charge in [-0.15, -0.1) is 0 Å². The maximum absolute atomic E-state index is 10.7. The Morgan fingerprint density at radius 3 is 2.00 bits per heavy atom. The van der Waals surface area contributed by atoms with Crippen molar-refractivity contribution in [1.29, 1.82) is 0 Å². The summed E-state index contributed by atoms with van der Waals surface area (Å²) in [5.41, 5.74) is 2.17. The number of ether oxygens (including phenoxy) is 4. The Kier molecular flexibility index (Phi) is 8.38. The first-order valence-corrected chi connectivity index (χ1v) is 10.3. The fourth-order valence-corrected chi connectivity index (χ4v) is 3.71. The summed E-state index contributed by atoms with van der Waals surface area (Å²) in [7, 11) is 0. The van der Waals surface area contributed by atoms with Gasteiger partial charge in [0.1, 0.15) is 42.7 Å². The van der Waals surface area contributed by atoms with Crippen molar-refractivity contribution in [2.75, 3.05) is 19.8 Å². The average Bonchev–Trinajstić information content (AvgIpc) is 3.04. The molecule has 2 saturated heterocycles. The van der Waals surface area contributed by atoms with Crippen LogP contribution in [-0.4, -0.2) is 106 Å². The van der Waals surface area contributed by atoms with Crippen molar-refractivity contribution in [1.82, 2.24) is 0 Å². The molecule has 6 N–H and O–H groups in total. The molecule has 0 saturated carbocycles. The zero-order valence-corrected chi connectivity index (χ0v) is 17.5. The number of hydrogen-bond donors (Lipinski definition) is 6. The number of aliphatic hydroxyl groups is 6. The highest BCUT2D eigenvalue weighted by Crippen LogP contribution is 2.30. The van der Waals surface area contributed by atoms with Crippen LogP contribution in [0.3, 0.4) is 0 Å². The van der Waals surface area contributed by atoms with Crippen LogP contribution in [0.1, 0.15) is 24.0 Å². The Morgan fingerprint density at radius 2 is 1.42 bits per heavy atom. The first-order valence-electron chi connectivity index (χ1n) is 10.3. The Morgan fingerprint density at radius 1 is 0.839 bits per heavy atom. The molecule has 2 aliphatic rings. The van der Waals surface area contributed by atoms with Crippen LogP contribution < -0.4 is 0 Å². The molecule has 0 radical (unpaired) electrons. The van der Waals surface area contributed by atoms with Crippen LogP contribution in [0.2, 0.25) is 0 Å². The highest BCUT2D eigenvalue weighted by Gasteiger charge is 2.50. The van der Waals surface area contributed by atoms with Gasteiger partial charge in [-0.05, 0) is 12.5 Å². The van der Waals surface area contributed by atoms with Crippen LogP contribution in [0.4, 0.5) is 0 Å². The molecule has 10 atom stereocenters. The average molecular weight is 444 g/mol. The molecule has 2 fully saturated rings. The standard InChI is InChI=1S/C21H32O10/c1-10-3-5-12(6-4-10)11(2)9-28-20-18(27)19(16(25)14(8-23)29-20)31-21-17(26)15(24)13(7-22)30-21/h3-6,11,13-27H,7-9H2,1-2H3/t11-,13+,14+,15+,16+,17-,18+,19-,20+,21+/m0/s1. The lowest BCUT2D eigenvalue weighted by Gasteiger charge is -2.42. The molecule has 0 spiro atoms. The fourth-order valence-electron chi connectivity index (χ4n) is 3.71. The van der Waals surface area contributed by atoms with E-state index in [1.807, 2.05) is 38.1 Å². The van der Waals surface area contributed by atoms with Crippen LogP contribution in [0.15, 0.2) is 24.3 Å². The van der Waals surface area contributed by atoms with Crippen LogP contribution in [-0.2, 0) is 18.9 Å². The molecule has 2 aliphatic heterocycles. The number of benzene rings is 1. The van der Waals surface area contributed by atoms with Gasteiger partial charge in [0.05, 0.1) is 19.8 Å². The van der Waals surface area contributed by atoms with Crippen molar-refractivity contribution in [2.24, 2.45) is 0 Å². The zero-order valence-electron chi connectivity index (χ0n) is 17.5. The summed E-state index contributed by atoms with van der Waals surface area (Å²) in [6.45, 7) is 3.03. The largest absolute Gasteiger partial charge is 0.394 e. The van der Waals surface area contributed by atoms with Crippen molar-refractivity contribution in [3.05, 3.63) is 35.4 Å². The third-order valence-electron chi connectivity index (χ3n) is 5.77. The highest BCUT2D eigenvalue weighted by atomic mass is 16.7. The van der Waals surface area contributed by atoms with E-state index in [0.29, 0.717) is 0 Å². The second-order valence-corrected chi connectivity index (χ2v) is 8.16. The molecule has 2 heterocycles. The third kappa shape index (κ3) is 5.42. The predicted molar refractivity (Wildman–Crippen MR) is 106 cm³/mol. The van der Waals surface area contributed by atoms with Gasteiger partial charge in [-0.3, -0.25) is 0 Å². The molecule has 10 nitrogen and oxygen atoms in total. The normalized spacial score (nSPS) is 39.5. The molecule has 0 bridgehead atoms. The second kappa shape index (κ2) is 10.6. The van der Waals surface area contributed by atoms with E-state index in [1.165, 1.54) is 0 Å². The minimum atomic E-state index is -1.49. The summed E-state index contributed by atoms with van der Waals surface area (Å²) in [5, 5.41) is 59.9. The van der Waals surface area contributed by atoms with E-state index in [1.54, 1.807) is 0 Å². The molecule has 10 heteroatoms. The van der Waals surface area contributed by atoms with E-state index in [-0.39, 0.29) is 12.5 Å². The summed E-state index contributed by atoms with van der Waals surface area (Å²) < 4.78 is 22.1. The molecular weight excluding hydrogens is 412 g/mol. The maximum Gasteiger partial charge on any atom is 0.187 e. The summed E-state index contributed by atoms with van der Waals surface area (Å²) in [4.78, 5) is 0. The summed E-state index contributed by atoms with van der Waals surface area (Å²) in [5.74, 6) is -0.0179. The molecule has 0 aromatic heterocycles. The third-order valence-corrected chi connectivity index (χ3v) is 5.77. The minimum absolute atomic E-state index is 0.0179. The summed E-state index contributed by atoms with van der Waals surface area (Å²) in [6, 6.07) is 7.94. The number of aryl methyl sites for hydroxylation is 1. The van der Waals surface area contributed by atoms with Crippen LogP contribution in [0.25, 0.3) is 0 Å². The van der Waals surface area contributed by atoms with Crippen LogP contribution in [0.5, 0.6) is 0 Å². The predicted octanol–water partition coefficient (Wildman–Crippen LogP) is -1.62. The van der Waals surface area contributed by atoms with Gasteiger partial charge >= 0.3 is 0 Å². The quantitative estimate of drug-likeness (QED) is 0.275.